The van der Waals surface area contributed by atoms with E-state index in [1.54, 1.807) is 0 Å². The lowest BCUT2D eigenvalue weighted by Crippen LogP contribution is -2.27. The van der Waals surface area contributed by atoms with Crippen LogP contribution in [0.5, 0.6) is 0 Å². The first-order valence-corrected chi connectivity index (χ1v) is 12.7. The molecule has 0 spiro atoms. The van der Waals surface area contributed by atoms with Crippen LogP contribution >= 0.6 is 22.7 Å². The topological polar surface area (TPSA) is 12.9 Å². The van der Waals surface area contributed by atoms with Crippen molar-refractivity contribution in [2.45, 2.75) is 79.6 Å². The van der Waals surface area contributed by atoms with Crippen molar-refractivity contribution in [1.29, 1.82) is 0 Å². The van der Waals surface area contributed by atoms with E-state index in [1.165, 1.54) is 25.9 Å². The van der Waals surface area contributed by atoms with Gasteiger partial charge in [-0.1, -0.05) is 78.8 Å². The van der Waals surface area contributed by atoms with Gasteiger partial charge in [-0.2, -0.15) is 0 Å². The molecule has 3 aromatic rings. The molecule has 0 N–H and O–H groups in total. The minimum Gasteiger partial charge on any atom is -0.249 e. The molecule has 1 aromatic carbocycles. The van der Waals surface area contributed by atoms with Gasteiger partial charge in [-0.25, -0.2) is 4.98 Å². The maximum absolute atomic E-state index is 4.76. The summed E-state index contributed by atoms with van der Waals surface area (Å²) in [4.78, 5) is 7.66. The first kappa shape index (κ1) is 23.2. The number of hydrogen-bond donors (Lipinski definition) is 0. The largest absolute Gasteiger partial charge is 0.249 e. The van der Waals surface area contributed by atoms with Crippen LogP contribution in [0.3, 0.4) is 0 Å². The van der Waals surface area contributed by atoms with Crippen molar-refractivity contribution >= 4 is 22.7 Å². The minimum absolute atomic E-state index is 0.0690. The van der Waals surface area contributed by atoms with Crippen LogP contribution < -0.4 is 0 Å². The van der Waals surface area contributed by atoms with Gasteiger partial charge in [0.05, 0.1) is 5.01 Å². The fourth-order valence-electron chi connectivity index (χ4n) is 3.98. The van der Waals surface area contributed by atoms with Crippen molar-refractivity contribution in [3.05, 3.63) is 73.9 Å². The third-order valence-corrected chi connectivity index (χ3v) is 7.27. The molecule has 0 fully saturated rings. The van der Waals surface area contributed by atoms with Gasteiger partial charge in [-0.05, 0) is 52.7 Å². The van der Waals surface area contributed by atoms with E-state index < -0.39 is 0 Å². The predicted molar refractivity (Wildman–Crippen MR) is 134 cm³/mol. The quantitative estimate of drug-likeness (QED) is 0.362. The lowest BCUT2D eigenvalue weighted by atomic mass is 9.75. The molecule has 0 saturated carbocycles. The Morgan fingerprint density at radius 1 is 0.767 bits per heavy atom. The van der Waals surface area contributed by atoms with Gasteiger partial charge < -0.3 is 0 Å². The molecule has 0 aliphatic carbocycles. The summed E-state index contributed by atoms with van der Waals surface area (Å²) in [5, 5.41) is 3.67. The average molecular weight is 440 g/mol. The Balaban J connectivity index is 1.88. The normalized spacial score (nSPS) is 14.6. The van der Waals surface area contributed by atoms with Crippen LogP contribution in [-0.2, 0) is 31.1 Å². The zero-order valence-electron chi connectivity index (χ0n) is 19.7. The Morgan fingerprint density at radius 2 is 1.43 bits per heavy atom. The summed E-state index contributed by atoms with van der Waals surface area (Å²) >= 11 is 3.83. The molecule has 0 amide bonds. The third kappa shape index (κ3) is 6.78. The molecule has 0 bridgehead atoms. The number of rotatable bonds is 7. The summed E-state index contributed by atoms with van der Waals surface area (Å²) in [6.45, 7) is 16.3. The molecule has 1 nitrogen and oxygen atoms in total. The van der Waals surface area contributed by atoms with Crippen LogP contribution in [0.4, 0.5) is 0 Å². The fourth-order valence-corrected chi connectivity index (χ4v) is 6.73. The SMILES string of the molecule is CC(C)(C)Cc1cc(C(C)(Cc2ccccc2)Cc2cnc(CC(C)(C)C)s2)cs1. The highest BCUT2D eigenvalue weighted by Crippen LogP contribution is 2.38. The van der Waals surface area contributed by atoms with E-state index in [0.717, 1.165) is 25.7 Å². The zero-order valence-corrected chi connectivity index (χ0v) is 21.3. The summed E-state index contributed by atoms with van der Waals surface area (Å²) in [6, 6.07) is 13.4. The zero-order chi connectivity index (χ0) is 22.0. The lowest BCUT2D eigenvalue weighted by Gasteiger charge is -2.29. The Hall–Kier alpha value is -1.45. The number of benzene rings is 1. The number of thiazole rings is 1. The second-order valence-electron chi connectivity index (χ2n) is 11.4. The first-order chi connectivity index (χ1) is 13.9. The van der Waals surface area contributed by atoms with Crippen molar-refractivity contribution in [1.82, 2.24) is 4.98 Å². The van der Waals surface area contributed by atoms with Gasteiger partial charge in [0.1, 0.15) is 0 Å². The molecule has 3 rings (SSSR count). The number of hydrogen-bond acceptors (Lipinski definition) is 3. The molecular formula is C27H37NS2. The van der Waals surface area contributed by atoms with Crippen LogP contribution in [0.1, 0.15) is 74.4 Å². The van der Waals surface area contributed by atoms with Crippen molar-refractivity contribution in [3.8, 4) is 0 Å². The summed E-state index contributed by atoms with van der Waals surface area (Å²) in [6.07, 6.45) is 6.38. The molecule has 162 valence electrons. The molecule has 0 saturated heterocycles. The molecular weight excluding hydrogens is 402 g/mol. The molecule has 0 aliphatic rings. The summed E-state index contributed by atoms with van der Waals surface area (Å²) in [5.41, 5.74) is 3.54. The molecule has 3 heteroatoms. The van der Waals surface area contributed by atoms with E-state index in [1.807, 2.05) is 22.7 Å². The smallest absolute Gasteiger partial charge is 0.0932 e. The maximum Gasteiger partial charge on any atom is 0.0932 e. The van der Waals surface area contributed by atoms with Gasteiger partial charge in [0.2, 0.25) is 0 Å². The Labute approximate surface area is 191 Å². The third-order valence-electron chi connectivity index (χ3n) is 5.34. The molecule has 0 radical (unpaired) electrons. The Morgan fingerprint density at radius 3 is 2.07 bits per heavy atom. The van der Waals surface area contributed by atoms with E-state index >= 15 is 0 Å². The van der Waals surface area contributed by atoms with E-state index in [0.29, 0.717) is 5.41 Å². The van der Waals surface area contributed by atoms with Gasteiger partial charge in [0.15, 0.2) is 0 Å². The van der Waals surface area contributed by atoms with Gasteiger partial charge in [0, 0.05) is 27.8 Å². The predicted octanol–water partition coefficient (Wildman–Crippen LogP) is 8.12. The summed E-state index contributed by atoms with van der Waals surface area (Å²) in [5.74, 6) is 0. The summed E-state index contributed by atoms with van der Waals surface area (Å²) in [7, 11) is 0. The van der Waals surface area contributed by atoms with Crippen LogP contribution in [-0.4, -0.2) is 4.98 Å². The maximum atomic E-state index is 4.76. The monoisotopic (exact) mass is 439 g/mol. The highest BCUT2D eigenvalue weighted by molar-refractivity contribution is 7.11. The fraction of sp³-hybridized carbons (Fsp3) is 0.519. The van der Waals surface area contributed by atoms with Gasteiger partial charge >= 0.3 is 0 Å². The number of nitrogens with zero attached hydrogens (tertiary/aromatic N) is 1. The molecule has 2 heterocycles. The van der Waals surface area contributed by atoms with Crippen LogP contribution in [0.15, 0.2) is 48.0 Å². The van der Waals surface area contributed by atoms with E-state index in [-0.39, 0.29) is 10.8 Å². The molecule has 0 aliphatic heterocycles. The Kier molecular flexibility index (Phi) is 6.94. The number of thiophene rings is 1. The second-order valence-corrected chi connectivity index (χ2v) is 13.6. The van der Waals surface area contributed by atoms with Crippen LogP contribution in [0.2, 0.25) is 0 Å². The summed E-state index contributed by atoms with van der Waals surface area (Å²) < 4.78 is 0. The van der Waals surface area contributed by atoms with Gasteiger partial charge in [0.25, 0.3) is 0 Å². The van der Waals surface area contributed by atoms with E-state index in [9.17, 15) is 0 Å². The van der Waals surface area contributed by atoms with Crippen molar-refractivity contribution in [2.24, 2.45) is 10.8 Å². The van der Waals surface area contributed by atoms with E-state index in [4.69, 9.17) is 4.98 Å². The molecule has 2 aromatic heterocycles. The van der Waals surface area contributed by atoms with Crippen molar-refractivity contribution in [3.63, 3.8) is 0 Å². The highest BCUT2D eigenvalue weighted by atomic mass is 32.1. The second kappa shape index (κ2) is 8.96. The van der Waals surface area contributed by atoms with Crippen molar-refractivity contribution in [2.75, 3.05) is 0 Å². The van der Waals surface area contributed by atoms with Crippen molar-refractivity contribution < 1.29 is 0 Å². The average Bonchev–Trinajstić information content (AvgIpc) is 3.22. The molecule has 1 unspecified atom stereocenters. The van der Waals surface area contributed by atoms with E-state index in [2.05, 4.69) is 96.4 Å². The number of aromatic nitrogens is 1. The lowest BCUT2D eigenvalue weighted by molar-refractivity contribution is 0.410. The van der Waals surface area contributed by atoms with Gasteiger partial charge in [-0.15, -0.1) is 22.7 Å². The molecule has 1 atom stereocenters. The van der Waals surface area contributed by atoms with Crippen LogP contribution in [0.25, 0.3) is 0 Å². The standard InChI is InChI=1S/C27H37NS2/c1-25(2,3)15-22-13-21(19-29-22)27(7,14-20-11-9-8-10-12-20)16-23-18-28-24(30-23)17-26(4,5)6/h8-13,18-19H,14-17H2,1-7H3. The van der Waals surface area contributed by atoms with Gasteiger partial charge in [-0.3, -0.25) is 0 Å². The Bertz CT molecular complexity index is 937. The minimum atomic E-state index is 0.0690. The molecule has 30 heavy (non-hydrogen) atoms. The first-order valence-electron chi connectivity index (χ1n) is 11.0. The highest BCUT2D eigenvalue weighted by Gasteiger charge is 2.30. The van der Waals surface area contributed by atoms with Crippen LogP contribution in [0, 0.1) is 10.8 Å².